The zero-order valence-corrected chi connectivity index (χ0v) is 6.78. The smallest absolute Gasteiger partial charge is 0.0350 e. The maximum atomic E-state index is 8.45. The Bertz CT molecular complexity index is 157. The normalized spacial score (nSPS) is 7.30. The van der Waals surface area contributed by atoms with Crippen molar-refractivity contribution in [3.8, 4) is 0 Å². The van der Waals surface area contributed by atoms with Crippen molar-refractivity contribution in [2.45, 2.75) is 4.90 Å². The summed E-state index contributed by atoms with van der Waals surface area (Å²) in [5.41, 5.74) is 0. The third kappa shape index (κ3) is 3.74. The third-order valence-corrected chi connectivity index (χ3v) is 1.33. The number of benzene rings is 1. The number of rotatable bonds is 1. The van der Waals surface area contributed by atoms with E-state index in [2.05, 4.69) is 0 Å². The Morgan fingerprint density at radius 1 is 1.10 bits per heavy atom. The molecule has 1 aromatic rings. The monoisotopic (exact) mass is 180 g/mol. The molecule has 1 aromatic carbocycles. The van der Waals surface area contributed by atoms with Gasteiger partial charge in [-0.2, -0.15) is 0 Å². The molecule has 0 amide bonds. The second kappa shape index (κ2) is 6.89. The number of hydrogen-bond acceptors (Lipinski definition) is 2. The van der Waals surface area contributed by atoms with E-state index in [1.807, 2.05) is 30.3 Å². The van der Waals surface area contributed by atoms with Crippen LogP contribution in [0.15, 0.2) is 35.2 Å². The SMILES string of the molecule is Cl.O.OSc1ccccc1. The molecule has 10 heavy (non-hydrogen) atoms. The molecule has 0 aliphatic carbocycles. The van der Waals surface area contributed by atoms with Gasteiger partial charge >= 0.3 is 0 Å². The zero-order valence-electron chi connectivity index (χ0n) is 5.15. The van der Waals surface area contributed by atoms with Gasteiger partial charge in [0.15, 0.2) is 0 Å². The van der Waals surface area contributed by atoms with Crippen molar-refractivity contribution in [1.29, 1.82) is 0 Å². The van der Waals surface area contributed by atoms with Gasteiger partial charge < -0.3 is 10.0 Å². The summed E-state index contributed by atoms with van der Waals surface area (Å²) in [5.74, 6) is 0. The molecule has 0 fully saturated rings. The van der Waals surface area contributed by atoms with Gasteiger partial charge in [0.25, 0.3) is 0 Å². The Labute approximate surface area is 70.2 Å². The Morgan fingerprint density at radius 2 is 1.60 bits per heavy atom. The Hall–Kier alpha value is -0.220. The summed E-state index contributed by atoms with van der Waals surface area (Å²) in [7, 11) is 0. The van der Waals surface area contributed by atoms with E-state index in [0.717, 1.165) is 16.9 Å². The van der Waals surface area contributed by atoms with E-state index in [4.69, 9.17) is 4.55 Å². The van der Waals surface area contributed by atoms with Gasteiger partial charge in [-0.3, -0.25) is 0 Å². The second-order valence-corrected chi connectivity index (χ2v) is 2.06. The predicted molar refractivity (Wildman–Crippen MR) is 45.8 cm³/mol. The number of hydrogen-bond donors (Lipinski definition) is 1. The summed E-state index contributed by atoms with van der Waals surface area (Å²) in [4.78, 5) is 0.882. The summed E-state index contributed by atoms with van der Waals surface area (Å²) in [6.45, 7) is 0. The zero-order chi connectivity index (χ0) is 5.82. The maximum absolute atomic E-state index is 8.45. The molecule has 0 saturated heterocycles. The van der Waals surface area contributed by atoms with E-state index in [9.17, 15) is 0 Å². The van der Waals surface area contributed by atoms with Crippen LogP contribution in [0.5, 0.6) is 0 Å². The summed E-state index contributed by atoms with van der Waals surface area (Å²) in [6.07, 6.45) is 0. The molecule has 0 bridgehead atoms. The average Bonchev–Trinajstić information content (AvgIpc) is 1.90. The first-order valence-electron chi connectivity index (χ1n) is 2.30. The van der Waals surface area contributed by atoms with Crippen molar-refractivity contribution in [3.05, 3.63) is 30.3 Å². The van der Waals surface area contributed by atoms with Crippen molar-refractivity contribution in [2.24, 2.45) is 0 Å². The van der Waals surface area contributed by atoms with Gasteiger partial charge in [0, 0.05) is 16.9 Å². The van der Waals surface area contributed by atoms with Gasteiger partial charge in [0.05, 0.1) is 0 Å². The minimum absolute atomic E-state index is 0. The highest BCUT2D eigenvalue weighted by Crippen LogP contribution is 2.10. The van der Waals surface area contributed by atoms with Crippen LogP contribution in [-0.4, -0.2) is 10.0 Å². The van der Waals surface area contributed by atoms with Crippen LogP contribution in [0.4, 0.5) is 0 Å². The van der Waals surface area contributed by atoms with Crippen LogP contribution < -0.4 is 0 Å². The van der Waals surface area contributed by atoms with Gasteiger partial charge in [0.2, 0.25) is 0 Å². The number of halogens is 1. The molecule has 0 aromatic heterocycles. The molecule has 0 aliphatic rings. The molecule has 3 N–H and O–H groups in total. The van der Waals surface area contributed by atoms with Gasteiger partial charge in [-0.1, -0.05) is 18.2 Å². The van der Waals surface area contributed by atoms with E-state index in [1.165, 1.54) is 0 Å². The minimum Gasteiger partial charge on any atom is -0.412 e. The van der Waals surface area contributed by atoms with Crippen molar-refractivity contribution >= 4 is 24.4 Å². The summed E-state index contributed by atoms with van der Waals surface area (Å²) in [5, 5.41) is 0. The van der Waals surface area contributed by atoms with Gasteiger partial charge in [0.1, 0.15) is 0 Å². The lowest BCUT2D eigenvalue weighted by Crippen LogP contribution is -1.63. The van der Waals surface area contributed by atoms with Crippen LogP contribution in [0.3, 0.4) is 0 Å². The first kappa shape index (κ1) is 12.5. The molecule has 0 aliphatic heterocycles. The summed E-state index contributed by atoms with van der Waals surface area (Å²) < 4.78 is 8.45. The predicted octanol–water partition coefficient (Wildman–Crippen LogP) is 1.85. The standard InChI is InChI=1S/C6H6OS.ClH.H2O/c7-8-6-4-2-1-3-5-6;;/h1-5,7H;1H;1H2. The lowest BCUT2D eigenvalue weighted by atomic mass is 10.4. The van der Waals surface area contributed by atoms with Crippen LogP contribution in [0.1, 0.15) is 0 Å². The summed E-state index contributed by atoms with van der Waals surface area (Å²) in [6, 6.07) is 9.40. The van der Waals surface area contributed by atoms with Crippen molar-refractivity contribution < 1.29 is 10.0 Å². The highest BCUT2D eigenvalue weighted by Gasteiger charge is 1.82. The van der Waals surface area contributed by atoms with E-state index in [-0.39, 0.29) is 17.9 Å². The van der Waals surface area contributed by atoms with E-state index < -0.39 is 0 Å². The van der Waals surface area contributed by atoms with Crippen LogP contribution in [0, 0.1) is 0 Å². The molecule has 2 nitrogen and oxygen atoms in total. The topological polar surface area (TPSA) is 51.7 Å². The molecule has 0 spiro atoms. The molecule has 1 rings (SSSR count). The first-order chi connectivity index (χ1) is 3.93. The lowest BCUT2D eigenvalue weighted by Gasteiger charge is -1.87. The van der Waals surface area contributed by atoms with E-state index in [0.29, 0.717) is 0 Å². The first-order valence-corrected chi connectivity index (χ1v) is 3.07. The van der Waals surface area contributed by atoms with Crippen LogP contribution in [0.2, 0.25) is 0 Å². The van der Waals surface area contributed by atoms with E-state index >= 15 is 0 Å². The van der Waals surface area contributed by atoms with Crippen molar-refractivity contribution in [3.63, 3.8) is 0 Å². The molecular weight excluding hydrogens is 172 g/mol. The molecule has 0 radical (unpaired) electrons. The van der Waals surface area contributed by atoms with Crippen molar-refractivity contribution in [2.75, 3.05) is 0 Å². The van der Waals surface area contributed by atoms with Gasteiger partial charge in [-0.05, 0) is 12.1 Å². The molecule has 0 unspecified atom stereocenters. The fourth-order valence-corrected chi connectivity index (χ4v) is 0.760. The quantitative estimate of drug-likeness (QED) is 0.671. The van der Waals surface area contributed by atoms with Crippen LogP contribution in [-0.2, 0) is 0 Å². The maximum Gasteiger partial charge on any atom is 0.0350 e. The largest absolute Gasteiger partial charge is 0.412 e. The Morgan fingerprint density at radius 3 is 1.90 bits per heavy atom. The fourth-order valence-electron chi connectivity index (χ4n) is 0.481. The van der Waals surface area contributed by atoms with Crippen LogP contribution in [0.25, 0.3) is 0 Å². The molecular formula is C6H9ClO2S. The Balaban J connectivity index is 0. The highest BCUT2D eigenvalue weighted by atomic mass is 35.5. The molecule has 0 heterocycles. The molecule has 4 heteroatoms. The lowest BCUT2D eigenvalue weighted by molar-refractivity contribution is 0.664. The fraction of sp³-hybridized carbons (Fsp3) is 0. The van der Waals surface area contributed by atoms with Crippen molar-refractivity contribution in [1.82, 2.24) is 0 Å². The average molecular weight is 181 g/mol. The Kier molecular flexibility index (Phi) is 8.59. The van der Waals surface area contributed by atoms with Gasteiger partial charge in [-0.15, -0.1) is 12.4 Å². The second-order valence-electron chi connectivity index (χ2n) is 1.40. The van der Waals surface area contributed by atoms with E-state index in [1.54, 1.807) is 0 Å². The minimum atomic E-state index is 0. The van der Waals surface area contributed by atoms with Crippen LogP contribution >= 0.6 is 24.4 Å². The molecule has 0 atom stereocenters. The third-order valence-electron chi connectivity index (χ3n) is 0.849. The molecule has 58 valence electrons. The molecule has 0 saturated carbocycles. The van der Waals surface area contributed by atoms with Gasteiger partial charge in [-0.25, -0.2) is 0 Å². The summed E-state index contributed by atoms with van der Waals surface area (Å²) >= 11 is 0.769. The highest BCUT2D eigenvalue weighted by molar-refractivity contribution is 7.93.